The summed E-state index contributed by atoms with van der Waals surface area (Å²) in [6, 6.07) is 3.20. The molecule has 2 rings (SSSR count). The fourth-order valence-electron chi connectivity index (χ4n) is 1.45. The molecule has 0 saturated heterocycles. The molecule has 1 aromatic rings. The van der Waals surface area contributed by atoms with Gasteiger partial charge in [0.2, 0.25) is 5.91 Å². The molecule has 0 spiro atoms. The number of benzene rings is 1. The quantitative estimate of drug-likeness (QED) is 0.537. The molecule has 2 amide bonds. The zero-order valence-corrected chi connectivity index (χ0v) is 8.13. The van der Waals surface area contributed by atoms with E-state index >= 15 is 0 Å². The van der Waals surface area contributed by atoms with Crippen LogP contribution in [0.15, 0.2) is 12.1 Å². The average Bonchev–Trinajstić information content (AvgIpc) is 2.34. The highest BCUT2D eigenvalue weighted by Gasteiger charge is 2.22. The lowest BCUT2D eigenvalue weighted by molar-refractivity contribution is -0.115. The molecule has 0 atom stereocenters. The number of hydrogen-bond donors (Lipinski definition) is 3. The summed E-state index contributed by atoms with van der Waals surface area (Å²) in [6.45, 7) is 1.62. The predicted molar refractivity (Wildman–Crippen MR) is 53.8 cm³/mol. The van der Waals surface area contributed by atoms with Gasteiger partial charge < -0.3 is 15.7 Å². The zero-order valence-electron chi connectivity index (χ0n) is 8.13. The van der Waals surface area contributed by atoms with Gasteiger partial charge in [0.1, 0.15) is 5.75 Å². The summed E-state index contributed by atoms with van der Waals surface area (Å²) in [5.74, 6) is -0.764. The SMILES string of the molecule is Cc1ccc2c(c1O)NC(=O)CNC2=O. The molecule has 5 heteroatoms. The molecule has 0 aliphatic carbocycles. The van der Waals surface area contributed by atoms with Crippen molar-refractivity contribution in [2.45, 2.75) is 6.92 Å². The maximum atomic E-state index is 11.5. The summed E-state index contributed by atoms with van der Waals surface area (Å²) in [6.07, 6.45) is 0. The molecule has 0 radical (unpaired) electrons. The summed E-state index contributed by atoms with van der Waals surface area (Å²) in [4.78, 5) is 22.7. The highest BCUT2D eigenvalue weighted by Crippen LogP contribution is 2.31. The lowest BCUT2D eigenvalue weighted by Crippen LogP contribution is -2.28. The molecule has 3 N–H and O–H groups in total. The van der Waals surface area contributed by atoms with E-state index in [1.54, 1.807) is 19.1 Å². The first-order chi connectivity index (χ1) is 7.09. The van der Waals surface area contributed by atoms with Crippen molar-refractivity contribution in [3.05, 3.63) is 23.3 Å². The fraction of sp³-hybridized carbons (Fsp3) is 0.200. The third-order valence-electron chi connectivity index (χ3n) is 2.30. The minimum absolute atomic E-state index is 0.0575. The Hall–Kier alpha value is -2.04. The summed E-state index contributed by atoms with van der Waals surface area (Å²) in [5.41, 5.74) is 1.09. The van der Waals surface area contributed by atoms with Gasteiger partial charge in [0, 0.05) is 0 Å². The van der Waals surface area contributed by atoms with Gasteiger partial charge in [-0.05, 0) is 18.6 Å². The van der Waals surface area contributed by atoms with Crippen LogP contribution in [0.2, 0.25) is 0 Å². The van der Waals surface area contributed by atoms with Crippen molar-refractivity contribution in [1.82, 2.24) is 5.32 Å². The van der Waals surface area contributed by atoms with Crippen LogP contribution < -0.4 is 10.6 Å². The van der Waals surface area contributed by atoms with E-state index in [0.29, 0.717) is 5.56 Å². The van der Waals surface area contributed by atoms with Crippen LogP contribution in [0.5, 0.6) is 5.75 Å². The van der Waals surface area contributed by atoms with Gasteiger partial charge in [-0.2, -0.15) is 0 Å². The van der Waals surface area contributed by atoms with Gasteiger partial charge in [-0.25, -0.2) is 0 Å². The highest BCUT2D eigenvalue weighted by atomic mass is 16.3. The van der Waals surface area contributed by atoms with Crippen LogP contribution in [0.1, 0.15) is 15.9 Å². The number of phenols is 1. The van der Waals surface area contributed by atoms with Crippen LogP contribution in [-0.4, -0.2) is 23.5 Å². The van der Waals surface area contributed by atoms with E-state index in [0.717, 1.165) is 0 Å². The van der Waals surface area contributed by atoms with Crippen LogP contribution in [0.3, 0.4) is 0 Å². The minimum Gasteiger partial charge on any atom is -0.505 e. The molecule has 0 saturated carbocycles. The monoisotopic (exact) mass is 206 g/mol. The van der Waals surface area contributed by atoms with Crippen LogP contribution in [0.4, 0.5) is 5.69 Å². The maximum absolute atomic E-state index is 11.5. The van der Waals surface area contributed by atoms with E-state index in [9.17, 15) is 14.7 Å². The van der Waals surface area contributed by atoms with Crippen LogP contribution >= 0.6 is 0 Å². The van der Waals surface area contributed by atoms with Gasteiger partial charge >= 0.3 is 0 Å². The molecule has 5 nitrogen and oxygen atoms in total. The Morgan fingerprint density at radius 2 is 2.07 bits per heavy atom. The second-order valence-corrected chi connectivity index (χ2v) is 3.38. The first kappa shape index (κ1) is 9.51. The van der Waals surface area contributed by atoms with Gasteiger partial charge in [-0.3, -0.25) is 9.59 Å². The Balaban J connectivity index is 2.62. The number of anilines is 1. The number of carbonyl (C=O) groups excluding carboxylic acids is 2. The molecule has 1 aliphatic heterocycles. The van der Waals surface area contributed by atoms with Gasteiger partial charge in [0.05, 0.1) is 17.8 Å². The number of aryl methyl sites for hydroxylation is 1. The number of rotatable bonds is 0. The van der Waals surface area contributed by atoms with E-state index in [2.05, 4.69) is 10.6 Å². The van der Waals surface area contributed by atoms with Crippen molar-refractivity contribution < 1.29 is 14.7 Å². The van der Waals surface area contributed by atoms with Crippen LogP contribution in [-0.2, 0) is 4.79 Å². The largest absolute Gasteiger partial charge is 0.505 e. The van der Waals surface area contributed by atoms with Gasteiger partial charge in [-0.15, -0.1) is 0 Å². The van der Waals surface area contributed by atoms with Crippen molar-refractivity contribution in [3.8, 4) is 5.75 Å². The first-order valence-corrected chi connectivity index (χ1v) is 4.50. The molecule has 0 aromatic heterocycles. The molecule has 1 aliphatic rings. The Kier molecular flexibility index (Phi) is 2.07. The van der Waals surface area contributed by atoms with Crippen LogP contribution in [0, 0.1) is 6.92 Å². The van der Waals surface area contributed by atoms with Crippen molar-refractivity contribution in [2.24, 2.45) is 0 Å². The molecule has 0 fully saturated rings. The Morgan fingerprint density at radius 3 is 2.80 bits per heavy atom. The summed E-state index contributed by atoms with van der Waals surface area (Å²) >= 11 is 0. The predicted octanol–water partition coefficient (Wildman–Crippen LogP) is 0.383. The van der Waals surface area contributed by atoms with Gasteiger partial charge in [-0.1, -0.05) is 6.07 Å². The van der Waals surface area contributed by atoms with E-state index in [1.165, 1.54) is 0 Å². The van der Waals surface area contributed by atoms with Crippen molar-refractivity contribution in [3.63, 3.8) is 0 Å². The topological polar surface area (TPSA) is 78.4 Å². The second-order valence-electron chi connectivity index (χ2n) is 3.38. The number of phenolic OH excluding ortho intramolecular Hbond substituents is 1. The molecular formula is C10H10N2O3. The van der Waals surface area contributed by atoms with Crippen molar-refractivity contribution >= 4 is 17.5 Å². The summed E-state index contributed by atoms with van der Waals surface area (Å²) < 4.78 is 0. The van der Waals surface area contributed by atoms with Crippen LogP contribution in [0.25, 0.3) is 0 Å². The maximum Gasteiger partial charge on any atom is 0.253 e. The number of fused-ring (bicyclic) bond motifs is 1. The van der Waals surface area contributed by atoms with Gasteiger partial charge in [0.15, 0.2) is 0 Å². The van der Waals surface area contributed by atoms with E-state index in [-0.39, 0.29) is 35.4 Å². The molecule has 1 heterocycles. The normalized spacial score (nSPS) is 15.0. The van der Waals surface area contributed by atoms with Crippen molar-refractivity contribution in [1.29, 1.82) is 0 Å². The molecule has 78 valence electrons. The third kappa shape index (κ3) is 1.52. The van der Waals surface area contributed by atoms with E-state index < -0.39 is 0 Å². The van der Waals surface area contributed by atoms with E-state index in [1.807, 2.05) is 0 Å². The Bertz CT molecular complexity index is 454. The number of aromatic hydroxyl groups is 1. The van der Waals surface area contributed by atoms with Gasteiger partial charge in [0.25, 0.3) is 5.91 Å². The number of carbonyl (C=O) groups is 2. The number of hydrogen-bond acceptors (Lipinski definition) is 3. The third-order valence-corrected chi connectivity index (χ3v) is 2.30. The zero-order chi connectivity index (χ0) is 11.0. The molecule has 0 bridgehead atoms. The van der Waals surface area contributed by atoms with E-state index in [4.69, 9.17) is 0 Å². The Morgan fingerprint density at radius 1 is 1.33 bits per heavy atom. The first-order valence-electron chi connectivity index (χ1n) is 4.50. The molecule has 15 heavy (non-hydrogen) atoms. The fourth-order valence-corrected chi connectivity index (χ4v) is 1.45. The lowest BCUT2D eigenvalue weighted by Gasteiger charge is -2.09. The highest BCUT2D eigenvalue weighted by molar-refractivity contribution is 6.10. The number of amides is 2. The summed E-state index contributed by atoms with van der Waals surface area (Å²) in [5, 5.41) is 14.6. The molecular weight excluding hydrogens is 196 g/mol. The number of nitrogens with one attached hydrogen (secondary N) is 2. The standard InChI is InChI=1S/C10H10N2O3/c1-5-2-3-6-8(9(5)14)12-7(13)4-11-10(6)15/h2-3,14H,4H2,1H3,(H,11,15)(H,12,13). The Labute approximate surface area is 86.1 Å². The average molecular weight is 206 g/mol. The lowest BCUT2D eigenvalue weighted by atomic mass is 10.1. The van der Waals surface area contributed by atoms with Crippen molar-refractivity contribution in [2.75, 3.05) is 11.9 Å². The minimum atomic E-state index is -0.362. The molecule has 0 unspecified atom stereocenters. The summed E-state index contributed by atoms with van der Waals surface area (Å²) in [7, 11) is 0. The smallest absolute Gasteiger partial charge is 0.253 e. The molecule has 1 aromatic carbocycles. The second kappa shape index (κ2) is 3.27.